The fourth-order valence-corrected chi connectivity index (χ4v) is 1.66. The number of carbonyl (C=O) groups is 2. The fourth-order valence-electron chi connectivity index (χ4n) is 1.66. The SMILES string of the molecule is N#Cc1ccc(/C=C/C(=O)NC(=O)c2ccccc2)cc1. The highest BCUT2D eigenvalue weighted by atomic mass is 16.2. The van der Waals surface area contributed by atoms with Crippen LogP contribution >= 0.6 is 0 Å². The maximum Gasteiger partial charge on any atom is 0.258 e. The number of benzene rings is 2. The number of rotatable bonds is 3. The maximum atomic E-state index is 11.7. The Morgan fingerprint density at radius 1 is 1.00 bits per heavy atom. The van der Waals surface area contributed by atoms with E-state index in [2.05, 4.69) is 5.32 Å². The van der Waals surface area contributed by atoms with Crippen LogP contribution in [0.4, 0.5) is 0 Å². The van der Waals surface area contributed by atoms with Crippen LogP contribution in [0.2, 0.25) is 0 Å². The lowest BCUT2D eigenvalue weighted by Crippen LogP contribution is -2.28. The van der Waals surface area contributed by atoms with Gasteiger partial charge in [0.25, 0.3) is 11.8 Å². The van der Waals surface area contributed by atoms with Crippen molar-refractivity contribution in [1.29, 1.82) is 5.26 Å². The van der Waals surface area contributed by atoms with Crippen molar-refractivity contribution in [2.45, 2.75) is 0 Å². The van der Waals surface area contributed by atoms with Crippen molar-refractivity contribution in [3.05, 3.63) is 77.4 Å². The molecule has 2 amide bonds. The normalized spacial score (nSPS) is 10.0. The monoisotopic (exact) mass is 276 g/mol. The second-order valence-corrected chi connectivity index (χ2v) is 4.25. The number of amides is 2. The molecule has 2 aromatic carbocycles. The van der Waals surface area contributed by atoms with Gasteiger partial charge in [0.15, 0.2) is 0 Å². The molecule has 0 bridgehead atoms. The summed E-state index contributed by atoms with van der Waals surface area (Å²) in [6, 6.07) is 17.3. The summed E-state index contributed by atoms with van der Waals surface area (Å²) in [5.74, 6) is -0.932. The van der Waals surface area contributed by atoms with Crippen LogP contribution in [0.25, 0.3) is 6.08 Å². The molecule has 0 aliphatic heterocycles. The van der Waals surface area contributed by atoms with Crippen LogP contribution in [0.3, 0.4) is 0 Å². The van der Waals surface area contributed by atoms with Crippen LogP contribution in [0.1, 0.15) is 21.5 Å². The first kappa shape index (κ1) is 14.2. The third kappa shape index (κ3) is 4.15. The summed E-state index contributed by atoms with van der Waals surface area (Å²) in [4.78, 5) is 23.4. The van der Waals surface area contributed by atoms with Gasteiger partial charge in [0.1, 0.15) is 0 Å². The van der Waals surface area contributed by atoms with Gasteiger partial charge in [-0.05, 0) is 35.9 Å². The van der Waals surface area contributed by atoms with E-state index in [4.69, 9.17) is 5.26 Å². The van der Waals surface area contributed by atoms with Crippen molar-refractivity contribution < 1.29 is 9.59 Å². The largest absolute Gasteiger partial charge is 0.289 e. The molecule has 0 saturated carbocycles. The number of hydrogen-bond acceptors (Lipinski definition) is 3. The second-order valence-electron chi connectivity index (χ2n) is 4.25. The van der Waals surface area contributed by atoms with Crippen molar-refractivity contribution in [3.63, 3.8) is 0 Å². The highest BCUT2D eigenvalue weighted by Gasteiger charge is 2.06. The third-order valence-corrected chi connectivity index (χ3v) is 2.74. The van der Waals surface area contributed by atoms with E-state index in [1.807, 2.05) is 6.07 Å². The lowest BCUT2D eigenvalue weighted by molar-refractivity contribution is -0.115. The van der Waals surface area contributed by atoms with Crippen LogP contribution in [0, 0.1) is 11.3 Å². The molecule has 2 rings (SSSR count). The van der Waals surface area contributed by atoms with Gasteiger partial charge in [-0.3, -0.25) is 14.9 Å². The molecule has 0 aliphatic carbocycles. The van der Waals surface area contributed by atoms with Crippen molar-refractivity contribution in [2.24, 2.45) is 0 Å². The van der Waals surface area contributed by atoms with Gasteiger partial charge in [-0.25, -0.2) is 0 Å². The molecule has 0 atom stereocenters. The molecule has 0 unspecified atom stereocenters. The first-order valence-electron chi connectivity index (χ1n) is 6.27. The Bertz CT molecular complexity index is 711. The minimum absolute atomic E-state index is 0.428. The number of nitrogens with zero attached hydrogens (tertiary/aromatic N) is 1. The lowest BCUT2D eigenvalue weighted by atomic mass is 10.1. The Morgan fingerprint density at radius 2 is 1.67 bits per heavy atom. The van der Waals surface area contributed by atoms with E-state index in [0.717, 1.165) is 5.56 Å². The molecule has 4 heteroatoms. The van der Waals surface area contributed by atoms with Gasteiger partial charge in [-0.1, -0.05) is 30.3 Å². The number of carbonyl (C=O) groups excluding carboxylic acids is 2. The molecule has 0 fully saturated rings. The van der Waals surface area contributed by atoms with E-state index in [1.165, 1.54) is 6.08 Å². The van der Waals surface area contributed by atoms with Gasteiger partial charge in [0, 0.05) is 11.6 Å². The highest BCUT2D eigenvalue weighted by Crippen LogP contribution is 2.05. The van der Waals surface area contributed by atoms with Crippen LogP contribution in [-0.4, -0.2) is 11.8 Å². The molecular formula is C17H12N2O2. The van der Waals surface area contributed by atoms with Gasteiger partial charge in [-0.15, -0.1) is 0 Å². The van der Waals surface area contributed by atoms with Gasteiger partial charge >= 0.3 is 0 Å². The molecule has 4 nitrogen and oxygen atoms in total. The van der Waals surface area contributed by atoms with Gasteiger partial charge in [-0.2, -0.15) is 5.26 Å². The topological polar surface area (TPSA) is 70.0 Å². The molecule has 2 aromatic rings. The third-order valence-electron chi connectivity index (χ3n) is 2.74. The summed E-state index contributed by atoms with van der Waals surface area (Å²) >= 11 is 0. The number of nitrogens with one attached hydrogen (secondary N) is 1. The van der Waals surface area contributed by atoms with Crippen LogP contribution in [0.15, 0.2) is 60.7 Å². The summed E-state index contributed by atoms with van der Waals surface area (Å²) in [5, 5.41) is 11.0. The smallest absolute Gasteiger partial charge is 0.258 e. The standard InChI is InChI=1S/C17H12N2O2/c18-12-14-8-6-13(7-9-14)10-11-16(20)19-17(21)15-4-2-1-3-5-15/h1-11H,(H,19,20,21)/b11-10+. The molecule has 0 aliphatic rings. The summed E-state index contributed by atoms with van der Waals surface area (Å²) in [6.45, 7) is 0. The Balaban J connectivity index is 1.96. The highest BCUT2D eigenvalue weighted by molar-refractivity contribution is 6.09. The van der Waals surface area contributed by atoms with E-state index in [1.54, 1.807) is 60.7 Å². The summed E-state index contributed by atoms with van der Waals surface area (Å²) in [6.07, 6.45) is 2.86. The average Bonchev–Trinajstić information content (AvgIpc) is 2.54. The van der Waals surface area contributed by atoms with Crippen molar-refractivity contribution in [2.75, 3.05) is 0 Å². The summed E-state index contributed by atoms with van der Waals surface area (Å²) in [5.41, 5.74) is 1.75. The van der Waals surface area contributed by atoms with E-state index in [0.29, 0.717) is 11.1 Å². The van der Waals surface area contributed by atoms with Gasteiger partial charge in [0.05, 0.1) is 11.6 Å². The van der Waals surface area contributed by atoms with Crippen LogP contribution in [0.5, 0.6) is 0 Å². The predicted molar refractivity (Wildman–Crippen MR) is 79.1 cm³/mol. The van der Waals surface area contributed by atoms with Gasteiger partial charge in [0.2, 0.25) is 0 Å². The van der Waals surface area contributed by atoms with E-state index in [9.17, 15) is 9.59 Å². The Kier molecular flexibility index (Phi) is 4.62. The molecule has 0 saturated heterocycles. The Morgan fingerprint density at radius 3 is 2.29 bits per heavy atom. The zero-order valence-electron chi connectivity index (χ0n) is 11.1. The zero-order valence-corrected chi connectivity index (χ0v) is 11.1. The number of imide groups is 1. The minimum atomic E-state index is -0.492. The molecule has 0 aromatic heterocycles. The Labute approximate surface area is 122 Å². The van der Waals surface area contributed by atoms with Crippen molar-refractivity contribution in [3.8, 4) is 6.07 Å². The summed E-state index contributed by atoms with van der Waals surface area (Å²) in [7, 11) is 0. The average molecular weight is 276 g/mol. The first-order chi connectivity index (χ1) is 10.2. The molecule has 1 N–H and O–H groups in total. The van der Waals surface area contributed by atoms with Crippen molar-refractivity contribution >= 4 is 17.9 Å². The number of nitriles is 1. The minimum Gasteiger partial charge on any atom is -0.289 e. The van der Waals surface area contributed by atoms with E-state index in [-0.39, 0.29) is 0 Å². The molecule has 102 valence electrons. The molecule has 0 spiro atoms. The van der Waals surface area contributed by atoms with Gasteiger partial charge < -0.3 is 0 Å². The predicted octanol–water partition coefficient (Wildman–Crippen LogP) is 2.53. The summed E-state index contributed by atoms with van der Waals surface area (Å²) < 4.78 is 0. The first-order valence-corrected chi connectivity index (χ1v) is 6.27. The molecule has 0 heterocycles. The second kappa shape index (κ2) is 6.83. The molecule has 21 heavy (non-hydrogen) atoms. The van der Waals surface area contributed by atoms with Crippen molar-refractivity contribution in [1.82, 2.24) is 5.32 Å². The quantitative estimate of drug-likeness (QED) is 0.876. The lowest BCUT2D eigenvalue weighted by Gasteiger charge is -2.00. The number of hydrogen-bond donors (Lipinski definition) is 1. The van der Waals surface area contributed by atoms with E-state index >= 15 is 0 Å². The zero-order chi connectivity index (χ0) is 15.1. The van der Waals surface area contributed by atoms with Crippen LogP contribution < -0.4 is 5.32 Å². The maximum absolute atomic E-state index is 11.7. The molecular weight excluding hydrogens is 264 g/mol. The molecule has 0 radical (unpaired) electrons. The van der Waals surface area contributed by atoms with Crippen LogP contribution in [-0.2, 0) is 4.79 Å². The van der Waals surface area contributed by atoms with E-state index < -0.39 is 11.8 Å². The fraction of sp³-hybridized carbons (Fsp3) is 0. The Hall–Kier alpha value is -3.19.